The SMILES string of the molecule is O=C1CCC(CC(=O)C2CC(c3c(-c4ccc(F)cc4)[nH]c4c(F)cc(F)cc34)C2)C(=O)N1. The van der Waals surface area contributed by atoms with Crippen molar-refractivity contribution < 1.29 is 27.6 Å². The van der Waals surface area contributed by atoms with E-state index in [4.69, 9.17) is 0 Å². The second kappa shape index (κ2) is 8.17. The largest absolute Gasteiger partial charge is 0.352 e. The Morgan fingerprint density at radius 2 is 1.73 bits per heavy atom. The molecule has 2 fully saturated rings. The number of nitrogens with one attached hydrogen (secondary N) is 2. The van der Waals surface area contributed by atoms with Crippen LogP contribution in [-0.2, 0) is 14.4 Å². The fourth-order valence-electron chi connectivity index (χ4n) is 4.97. The number of aromatic nitrogens is 1. The van der Waals surface area contributed by atoms with E-state index >= 15 is 0 Å². The van der Waals surface area contributed by atoms with Crippen molar-refractivity contribution in [3.8, 4) is 11.3 Å². The number of carbonyl (C=O) groups is 3. The average molecular weight is 454 g/mol. The first-order valence-corrected chi connectivity index (χ1v) is 10.9. The number of ketones is 1. The summed E-state index contributed by atoms with van der Waals surface area (Å²) >= 11 is 0. The smallest absolute Gasteiger partial charge is 0.230 e. The molecule has 1 atom stereocenters. The Morgan fingerprint density at radius 3 is 2.42 bits per heavy atom. The van der Waals surface area contributed by atoms with Gasteiger partial charge in [0, 0.05) is 36.1 Å². The van der Waals surface area contributed by atoms with E-state index in [9.17, 15) is 27.6 Å². The molecular formula is C25H21F3N2O3. The number of hydrogen-bond acceptors (Lipinski definition) is 3. The van der Waals surface area contributed by atoms with Gasteiger partial charge in [0.1, 0.15) is 23.2 Å². The van der Waals surface area contributed by atoms with Crippen molar-refractivity contribution in [1.29, 1.82) is 0 Å². The van der Waals surface area contributed by atoms with Crippen LogP contribution in [0.2, 0.25) is 0 Å². The molecule has 1 saturated heterocycles. The minimum atomic E-state index is -0.718. The third-order valence-corrected chi connectivity index (χ3v) is 6.80. The summed E-state index contributed by atoms with van der Waals surface area (Å²) in [7, 11) is 0. The van der Waals surface area contributed by atoms with Gasteiger partial charge in [0.25, 0.3) is 0 Å². The van der Waals surface area contributed by atoms with Crippen LogP contribution < -0.4 is 5.32 Å². The number of carbonyl (C=O) groups excluding carboxylic acids is 3. The number of halogens is 3. The molecule has 1 saturated carbocycles. The van der Waals surface area contributed by atoms with Gasteiger partial charge in [0.05, 0.1) is 11.2 Å². The van der Waals surface area contributed by atoms with Crippen LogP contribution in [-0.4, -0.2) is 22.6 Å². The van der Waals surface area contributed by atoms with E-state index in [-0.39, 0.29) is 41.9 Å². The van der Waals surface area contributed by atoms with Crippen molar-refractivity contribution in [3.05, 3.63) is 59.4 Å². The van der Waals surface area contributed by atoms with Crippen LogP contribution >= 0.6 is 0 Å². The van der Waals surface area contributed by atoms with E-state index in [2.05, 4.69) is 10.3 Å². The molecule has 1 unspecified atom stereocenters. The first-order valence-electron chi connectivity index (χ1n) is 10.9. The number of benzene rings is 2. The topological polar surface area (TPSA) is 79.0 Å². The Bertz CT molecular complexity index is 1280. The number of H-pyrrole nitrogens is 1. The van der Waals surface area contributed by atoms with Crippen LogP contribution in [0.15, 0.2) is 36.4 Å². The number of hydrogen-bond donors (Lipinski definition) is 2. The second-order valence-corrected chi connectivity index (χ2v) is 8.91. The van der Waals surface area contributed by atoms with Crippen molar-refractivity contribution in [3.63, 3.8) is 0 Å². The third-order valence-electron chi connectivity index (χ3n) is 6.80. The zero-order valence-electron chi connectivity index (χ0n) is 17.6. The molecule has 2 amide bonds. The van der Waals surface area contributed by atoms with E-state index in [1.807, 2.05) is 0 Å². The van der Waals surface area contributed by atoms with Gasteiger partial charge in [-0.25, -0.2) is 13.2 Å². The molecule has 33 heavy (non-hydrogen) atoms. The molecule has 2 heterocycles. The van der Waals surface area contributed by atoms with Crippen molar-refractivity contribution in [2.75, 3.05) is 0 Å². The number of imide groups is 1. The molecule has 2 aromatic carbocycles. The third kappa shape index (κ3) is 3.94. The standard InChI is InChI=1S/C25H21F3N2O3/c26-16-4-1-12(2-5-16)23-22(18-10-17(27)11-19(28)24(18)30-23)15-7-14(8-15)20(31)9-13-3-6-21(32)29-25(13)33/h1-2,4-5,10-11,13-15,30H,3,6-9H2,(H,29,32,33). The van der Waals surface area contributed by atoms with E-state index < -0.39 is 29.3 Å². The first-order chi connectivity index (χ1) is 15.8. The quantitative estimate of drug-likeness (QED) is 0.546. The lowest BCUT2D eigenvalue weighted by Crippen LogP contribution is -2.42. The van der Waals surface area contributed by atoms with Gasteiger partial charge in [-0.05, 0) is 66.6 Å². The highest BCUT2D eigenvalue weighted by molar-refractivity contribution is 6.00. The molecule has 2 aliphatic rings. The number of piperidine rings is 1. The van der Waals surface area contributed by atoms with Crippen LogP contribution in [0.1, 0.15) is 43.6 Å². The summed E-state index contributed by atoms with van der Waals surface area (Å²) in [6.07, 6.45) is 1.65. The van der Waals surface area contributed by atoms with Crippen LogP contribution in [0.3, 0.4) is 0 Å². The molecule has 0 spiro atoms. The maximum Gasteiger partial charge on any atom is 0.230 e. The number of rotatable bonds is 5. The number of aromatic amines is 1. The van der Waals surface area contributed by atoms with Gasteiger partial charge in [0.2, 0.25) is 11.8 Å². The molecular weight excluding hydrogens is 433 g/mol. The fraction of sp³-hybridized carbons (Fsp3) is 0.320. The summed E-state index contributed by atoms with van der Waals surface area (Å²) in [5.74, 6) is -3.46. The van der Waals surface area contributed by atoms with Crippen LogP contribution in [0, 0.1) is 29.3 Å². The predicted octanol–water partition coefficient (Wildman–Crippen LogP) is 4.76. The zero-order valence-corrected chi connectivity index (χ0v) is 17.6. The normalized spacial score (nSPS) is 22.8. The van der Waals surface area contributed by atoms with E-state index in [0.29, 0.717) is 41.5 Å². The molecule has 0 radical (unpaired) electrons. The minimum absolute atomic E-state index is 0.0405. The molecule has 5 rings (SSSR count). The molecule has 5 nitrogen and oxygen atoms in total. The molecule has 1 aromatic heterocycles. The van der Waals surface area contributed by atoms with Crippen LogP contribution in [0.5, 0.6) is 0 Å². The van der Waals surface area contributed by atoms with Crippen molar-refractivity contribution in [2.45, 2.75) is 38.0 Å². The van der Waals surface area contributed by atoms with Gasteiger partial charge in [-0.1, -0.05) is 0 Å². The zero-order chi connectivity index (χ0) is 23.3. The highest BCUT2D eigenvalue weighted by Gasteiger charge is 2.40. The number of amides is 2. The number of Topliss-reactive ketones (excluding diaryl/α,β-unsaturated/α-hetero) is 1. The Kier molecular flexibility index (Phi) is 5.31. The van der Waals surface area contributed by atoms with Gasteiger partial charge >= 0.3 is 0 Å². The Morgan fingerprint density at radius 1 is 1.00 bits per heavy atom. The van der Waals surface area contributed by atoms with Gasteiger partial charge in [0.15, 0.2) is 0 Å². The highest BCUT2D eigenvalue weighted by Crippen LogP contribution is 2.49. The molecule has 8 heteroatoms. The van der Waals surface area contributed by atoms with Crippen molar-refractivity contribution >= 4 is 28.5 Å². The second-order valence-electron chi connectivity index (χ2n) is 8.91. The summed E-state index contributed by atoms with van der Waals surface area (Å²) in [4.78, 5) is 39.1. The van der Waals surface area contributed by atoms with Gasteiger partial charge in [-0.3, -0.25) is 19.7 Å². The van der Waals surface area contributed by atoms with Gasteiger partial charge < -0.3 is 4.98 Å². The molecule has 170 valence electrons. The maximum atomic E-state index is 14.5. The van der Waals surface area contributed by atoms with Gasteiger partial charge in [-0.2, -0.15) is 0 Å². The average Bonchev–Trinajstić information content (AvgIpc) is 3.09. The van der Waals surface area contributed by atoms with Crippen molar-refractivity contribution in [2.24, 2.45) is 11.8 Å². The lowest BCUT2D eigenvalue weighted by Gasteiger charge is -2.36. The minimum Gasteiger partial charge on any atom is -0.352 e. The van der Waals surface area contributed by atoms with E-state index in [1.54, 1.807) is 12.1 Å². The van der Waals surface area contributed by atoms with E-state index in [0.717, 1.165) is 6.07 Å². The molecule has 1 aliphatic carbocycles. The lowest BCUT2D eigenvalue weighted by molar-refractivity contribution is -0.139. The van der Waals surface area contributed by atoms with Crippen molar-refractivity contribution in [1.82, 2.24) is 10.3 Å². The Balaban J connectivity index is 1.40. The maximum absolute atomic E-state index is 14.5. The molecule has 0 bridgehead atoms. The fourth-order valence-corrected chi connectivity index (χ4v) is 4.97. The van der Waals surface area contributed by atoms with Gasteiger partial charge in [-0.15, -0.1) is 0 Å². The Hall–Kier alpha value is -3.42. The van der Waals surface area contributed by atoms with E-state index in [1.165, 1.54) is 18.2 Å². The molecule has 3 aromatic rings. The summed E-state index contributed by atoms with van der Waals surface area (Å²) in [5.41, 5.74) is 2.10. The predicted molar refractivity (Wildman–Crippen MR) is 115 cm³/mol. The lowest BCUT2D eigenvalue weighted by atomic mass is 9.67. The monoisotopic (exact) mass is 454 g/mol. The summed E-state index contributed by atoms with van der Waals surface area (Å²) in [5, 5.41) is 2.68. The highest BCUT2D eigenvalue weighted by atomic mass is 19.1. The summed E-state index contributed by atoms with van der Waals surface area (Å²) in [6.45, 7) is 0. The van der Waals surface area contributed by atoms with Crippen LogP contribution in [0.4, 0.5) is 13.2 Å². The number of fused-ring (bicyclic) bond motifs is 1. The Labute approximate surface area is 187 Å². The molecule has 1 aliphatic heterocycles. The first kappa shape index (κ1) is 21.4. The summed E-state index contributed by atoms with van der Waals surface area (Å²) in [6, 6.07) is 7.83. The summed E-state index contributed by atoms with van der Waals surface area (Å²) < 4.78 is 42.0. The van der Waals surface area contributed by atoms with Crippen LogP contribution in [0.25, 0.3) is 22.2 Å². The molecule has 2 N–H and O–H groups in total.